The van der Waals surface area contributed by atoms with E-state index in [1.165, 1.54) is 61.0 Å². The van der Waals surface area contributed by atoms with E-state index in [0.717, 1.165) is 0 Å². The van der Waals surface area contributed by atoms with Crippen LogP contribution in [0.15, 0.2) is 63.8 Å². The van der Waals surface area contributed by atoms with Crippen LogP contribution in [-0.2, 0) is 0 Å². The molecule has 11 nitrogen and oxygen atoms in total. The quantitative estimate of drug-likeness (QED) is 0.332. The van der Waals surface area contributed by atoms with Crippen molar-refractivity contribution in [1.29, 1.82) is 0 Å². The average Bonchev–Trinajstić information content (AvgIpc) is 2.62. The molecule has 0 aliphatic carbocycles. The molecule has 0 amide bonds. The summed E-state index contributed by atoms with van der Waals surface area (Å²) in [5, 5.41) is 32.3. The van der Waals surface area contributed by atoms with Crippen molar-refractivity contribution in [2.24, 2.45) is 21.0 Å². The Labute approximate surface area is 159 Å². The van der Waals surface area contributed by atoms with Crippen molar-refractivity contribution in [3.63, 3.8) is 0 Å². The van der Waals surface area contributed by atoms with E-state index in [1.807, 2.05) is 0 Å². The second-order valence-electron chi connectivity index (χ2n) is 4.80. The van der Waals surface area contributed by atoms with Gasteiger partial charge in [-0.05, 0) is 35.4 Å². The van der Waals surface area contributed by atoms with Crippen LogP contribution in [0.3, 0.4) is 0 Å². The highest BCUT2D eigenvalue weighted by Crippen LogP contribution is 2.11. The van der Waals surface area contributed by atoms with Gasteiger partial charge < -0.3 is 5.73 Å². The Morgan fingerprint density at radius 3 is 1.78 bits per heavy atom. The van der Waals surface area contributed by atoms with Crippen LogP contribution in [0.25, 0.3) is 0 Å². The van der Waals surface area contributed by atoms with Gasteiger partial charge in [-0.25, -0.2) is 5.43 Å². The standard InChI is InChI=1S/C15H13N7O4.ClH/c16-15(19-17-9-11-1-5-13(6-2-11)21(23)24)20-18-10-12-3-7-14(8-4-12)22(25)26;/h1-10H,(H3,16,19,20);1H. The number of benzene rings is 2. The van der Waals surface area contributed by atoms with Crippen molar-refractivity contribution in [3.05, 3.63) is 79.9 Å². The number of hydrogen-bond acceptors (Lipinski definition) is 7. The molecule has 3 N–H and O–H groups in total. The molecule has 0 saturated heterocycles. The van der Waals surface area contributed by atoms with Crippen LogP contribution in [0.2, 0.25) is 0 Å². The van der Waals surface area contributed by atoms with Gasteiger partial charge in [0.05, 0.1) is 22.3 Å². The smallest absolute Gasteiger partial charge is 0.269 e. The molecule has 0 aliphatic heterocycles. The highest BCUT2D eigenvalue weighted by atomic mass is 35.5. The van der Waals surface area contributed by atoms with Gasteiger partial charge in [0.15, 0.2) is 0 Å². The molecular weight excluding hydrogens is 378 g/mol. The molecule has 0 atom stereocenters. The number of nitro groups is 2. The maximum absolute atomic E-state index is 10.5. The molecule has 2 aromatic carbocycles. The lowest BCUT2D eigenvalue weighted by Gasteiger charge is -1.96. The molecule has 12 heteroatoms. The van der Waals surface area contributed by atoms with Gasteiger partial charge >= 0.3 is 0 Å². The van der Waals surface area contributed by atoms with Crippen molar-refractivity contribution in [2.45, 2.75) is 0 Å². The Hall–Kier alpha value is -3.86. The lowest BCUT2D eigenvalue weighted by Crippen LogP contribution is -2.26. The minimum Gasteiger partial charge on any atom is -0.367 e. The molecule has 0 spiro atoms. The van der Waals surface area contributed by atoms with Crippen molar-refractivity contribution in [2.75, 3.05) is 0 Å². The summed E-state index contributed by atoms with van der Waals surface area (Å²) in [6, 6.07) is 11.5. The van der Waals surface area contributed by atoms with E-state index in [2.05, 4.69) is 20.7 Å². The predicted molar refractivity (Wildman–Crippen MR) is 103 cm³/mol. The van der Waals surface area contributed by atoms with Gasteiger partial charge in [0.1, 0.15) is 0 Å². The number of nitro benzene ring substituents is 2. The monoisotopic (exact) mass is 391 g/mol. The second-order valence-corrected chi connectivity index (χ2v) is 4.80. The Morgan fingerprint density at radius 1 is 0.889 bits per heavy atom. The van der Waals surface area contributed by atoms with E-state index in [9.17, 15) is 20.2 Å². The van der Waals surface area contributed by atoms with Gasteiger partial charge in [0.25, 0.3) is 11.4 Å². The van der Waals surface area contributed by atoms with Crippen LogP contribution in [0.5, 0.6) is 0 Å². The van der Waals surface area contributed by atoms with E-state index >= 15 is 0 Å². The van der Waals surface area contributed by atoms with E-state index in [1.54, 1.807) is 0 Å². The highest BCUT2D eigenvalue weighted by Gasteiger charge is 2.03. The van der Waals surface area contributed by atoms with Crippen LogP contribution in [0, 0.1) is 20.2 Å². The minimum atomic E-state index is -0.496. The zero-order chi connectivity index (χ0) is 18.9. The zero-order valence-electron chi connectivity index (χ0n) is 13.6. The van der Waals surface area contributed by atoms with Crippen LogP contribution in [-0.4, -0.2) is 28.2 Å². The number of hydrogen-bond donors (Lipinski definition) is 2. The topological polar surface area (TPSA) is 161 Å². The third-order valence-corrected chi connectivity index (χ3v) is 2.97. The number of nitrogens with two attached hydrogens (primary N) is 1. The number of hydrazone groups is 1. The number of nitrogens with one attached hydrogen (secondary N) is 1. The summed E-state index contributed by atoms with van der Waals surface area (Å²) in [6.07, 6.45) is 2.78. The lowest BCUT2D eigenvalue weighted by atomic mass is 10.2. The molecule has 0 bridgehead atoms. The lowest BCUT2D eigenvalue weighted by molar-refractivity contribution is -0.385. The first-order valence-electron chi connectivity index (χ1n) is 7.10. The van der Waals surface area contributed by atoms with Crippen molar-refractivity contribution < 1.29 is 9.85 Å². The van der Waals surface area contributed by atoms with Gasteiger partial charge in [0.2, 0.25) is 5.96 Å². The minimum absolute atomic E-state index is 0. The first kappa shape index (κ1) is 21.2. The van der Waals surface area contributed by atoms with E-state index in [4.69, 9.17) is 5.73 Å². The molecule has 0 heterocycles. The number of non-ortho nitro benzene ring substituents is 2. The van der Waals surface area contributed by atoms with Crippen LogP contribution in [0.1, 0.15) is 11.1 Å². The summed E-state index contributed by atoms with van der Waals surface area (Å²) in [7, 11) is 0. The molecule has 27 heavy (non-hydrogen) atoms. The predicted octanol–water partition coefficient (Wildman–Crippen LogP) is 2.20. The fourth-order valence-electron chi connectivity index (χ4n) is 1.72. The highest BCUT2D eigenvalue weighted by molar-refractivity contribution is 5.85. The zero-order valence-corrected chi connectivity index (χ0v) is 14.4. The van der Waals surface area contributed by atoms with E-state index < -0.39 is 9.85 Å². The van der Waals surface area contributed by atoms with Crippen molar-refractivity contribution >= 4 is 42.2 Å². The summed E-state index contributed by atoms with van der Waals surface area (Å²) in [4.78, 5) is 20.1. The van der Waals surface area contributed by atoms with Crippen LogP contribution in [0.4, 0.5) is 11.4 Å². The average molecular weight is 392 g/mol. The van der Waals surface area contributed by atoms with Gasteiger partial charge in [-0.2, -0.15) is 10.2 Å². The van der Waals surface area contributed by atoms with E-state index in [0.29, 0.717) is 11.1 Å². The van der Waals surface area contributed by atoms with Crippen molar-refractivity contribution in [3.8, 4) is 0 Å². The van der Waals surface area contributed by atoms with Crippen LogP contribution < -0.4 is 11.2 Å². The second kappa shape index (κ2) is 10.2. The van der Waals surface area contributed by atoms with Gasteiger partial charge in [-0.1, -0.05) is 0 Å². The summed E-state index contributed by atoms with van der Waals surface area (Å²) in [5.74, 6) is -0.0821. The summed E-state index contributed by atoms with van der Waals surface area (Å²) >= 11 is 0. The normalized spacial score (nSPS) is 11.3. The van der Waals surface area contributed by atoms with Crippen LogP contribution >= 0.6 is 12.4 Å². The molecule has 0 aliphatic rings. The fraction of sp³-hybridized carbons (Fsp3) is 0. The molecule has 2 aromatic rings. The Morgan fingerprint density at radius 2 is 1.33 bits per heavy atom. The molecule has 0 unspecified atom stereocenters. The largest absolute Gasteiger partial charge is 0.367 e. The number of nitrogens with zero attached hydrogens (tertiary/aromatic N) is 5. The number of rotatable bonds is 6. The molecule has 0 fully saturated rings. The number of guanidine groups is 1. The molecule has 2 rings (SSSR count). The molecule has 0 saturated carbocycles. The maximum Gasteiger partial charge on any atom is 0.269 e. The molecular formula is C15H14ClN7O4. The molecule has 140 valence electrons. The van der Waals surface area contributed by atoms with Gasteiger partial charge in [0, 0.05) is 24.3 Å². The third-order valence-electron chi connectivity index (χ3n) is 2.97. The maximum atomic E-state index is 10.5. The summed E-state index contributed by atoms with van der Waals surface area (Å²) in [6.45, 7) is 0. The summed E-state index contributed by atoms with van der Waals surface area (Å²) in [5.41, 5.74) is 9.21. The Kier molecular flexibility index (Phi) is 8.01. The third kappa shape index (κ3) is 6.88. The molecule has 0 radical (unpaired) electrons. The molecule has 0 aromatic heterocycles. The fourth-order valence-corrected chi connectivity index (χ4v) is 1.72. The Bertz CT molecular complexity index is 880. The SMILES string of the molecule is Cl.NC(=NN=Cc1ccc([N+](=O)[O-])cc1)NN=Cc1ccc([N+](=O)[O-])cc1. The van der Waals surface area contributed by atoms with Gasteiger partial charge in [-0.15, -0.1) is 17.5 Å². The number of halogens is 1. The van der Waals surface area contributed by atoms with Crippen molar-refractivity contribution in [1.82, 2.24) is 5.43 Å². The first-order valence-corrected chi connectivity index (χ1v) is 7.10. The van der Waals surface area contributed by atoms with Gasteiger partial charge in [-0.3, -0.25) is 20.2 Å². The van der Waals surface area contributed by atoms with E-state index in [-0.39, 0.29) is 29.7 Å². The Balaban J connectivity index is 0.00000364. The summed E-state index contributed by atoms with van der Waals surface area (Å²) < 4.78 is 0. The first-order chi connectivity index (χ1) is 12.5.